The summed E-state index contributed by atoms with van der Waals surface area (Å²) in [7, 11) is 0. The van der Waals surface area contributed by atoms with Crippen molar-refractivity contribution in [2.75, 3.05) is 0 Å². The highest BCUT2D eigenvalue weighted by atomic mass is 16.5. The summed E-state index contributed by atoms with van der Waals surface area (Å²) < 4.78 is 10.6. The van der Waals surface area contributed by atoms with E-state index in [1.807, 2.05) is 60.7 Å². The van der Waals surface area contributed by atoms with Crippen LogP contribution in [-0.2, 0) is 22.4 Å². The number of benzene rings is 3. The van der Waals surface area contributed by atoms with Crippen LogP contribution < -0.4 is 9.47 Å². The molecule has 4 heteroatoms. The molecule has 0 saturated carbocycles. The largest absolute Gasteiger partial charge is 0.427 e. The van der Waals surface area contributed by atoms with Gasteiger partial charge in [0.25, 0.3) is 0 Å². The molecular formula is C24H22O4. The van der Waals surface area contributed by atoms with E-state index in [1.54, 1.807) is 24.3 Å². The smallest absolute Gasteiger partial charge is 0.311 e. The van der Waals surface area contributed by atoms with Gasteiger partial charge in [0.1, 0.15) is 11.5 Å². The van der Waals surface area contributed by atoms with Crippen molar-refractivity contribution < 1.29 is 19.1 Å². The Balaban J connectivity index is 1.45. The highest BCUT2D eigenvalue weighted by Crippen LogP contribution is 2.14. The molecule has 142 valence electrons. The van der Waals surface area contributed by atoms with Crippen LogP contribution in [0.25, 0.3) is 0 Å². The van der Waals surface area contributed by atoms with E-state index in [0.717, 1.165) is 11.1 Å². The predicted molar refractivity (Wildman–Crippen MR) is 107 cm³/mol. The molecule has 3 aromatic rings. The Hall–Kier alpha value is -3.40. The predicted octanol–water partition coefficient (Wildman–Crippen LogP) is 4.76. The number of para-hydroxylation sites is 2. The van der Waals surface area contributed by atoms with Crippen LogP contribution in [0, 0.1) is 0 Å². The molecule has 4 nitrogen and oxygen atoms in total. The quantitative estimate of drug-likeness (QED) is 0.421. The molecule has 0 aliphatic heterocycles. The zero-order valence-corrected chi connectivity index (χ0v) is 15.5. The second-order valence-electron chi connectivity index (χ2n) is 6.39. The van der Waals surface area contributed by atoms with E-state index in [4.69, 9.17) is 9.47 Å². The number of aryl methyl sites for hydroxylation is 2. The van der Waals surface area contributed by atoms with Crippen LogP contribution in [0.5, 0.6) is 11.5 Å². The third-order valence-corrected chi connectivity index (χ3v) is 4.18. The SMILES string of the molecule is O=C(CCc1cccc(CCC(=O)Oc2ccccc2)c1)Oc1ccccc1. The molecule has 0 fully saturated rings. The van der Waals surface area contributed by atoms with Gasteiger partial charge in [-0.3, -0.25) is 9.59 Å². The van der Waals surface area contributed by atoms with E-state index in [9.17, 15) is 9.59 Å². The summed E-state index contributed by atoms with van der Waals surface area (Å²) in [6, 6.07) is 26.0. The first kappa shape index (κ1) is 19.4. The van der Waals surface area contributed by atoms with Gasteiger partial charge in [0.05, 0.1) is 0 Å². The fraction of sp³-hybridized carbons (Fsp3) is 0.167. The van der Waals surface area contributed by atoms with Gasteiger partial charge in [0.2, 0.25) is 0 Å². The molecule has 0 bridgehead atoms. The van der Waals surface area contributed by atoms with Crippen molar-refractivity contribution in [2.45, 2.75) is 25.7 Å². The summed E-state index contributed by atoms with van der Waals surface area (Å²) in [5.74, 6) is 0.586. The van der Waals surface area contributed by atoms with Gasteiger partial charge in [-0.25, -0.2) is 0 Å². The Morgan fingerprint density at radius 3 is 1.43 bits per heavy atom. The number of ether oxygens (including phenoxy) is 2. The standard InChI is InChI=1S/C24H22O4/c25-23(27-21-10-3-1-4-11-21)16-14-19-8-7-9-20(18-19)15-17-24(26)28-22-12-5-2-6-13-22/h1-13,18H,14-17H2. The summed E-state index contributed by atoms with van der Waals surface area (Å²) in [5.41, 5.74) is 2.08. The number of hydrogen-bond acceptors (Lipinski definition) is 4. The van der Waals surface area contributed by atoms with Gasteiger partial charge in [-0.1, -0.05) is 60.7 Å². The monoisotopic (exact) mass is 374 g/mol. The maximum absolute atomic E-state index is 12.0. The molecule has 0 radical (unpaired) electrons. The molecule has 3 rings (SSSR count). The molecule has 0 aliphatic rings. The molecule has 0 N–H and O–H groups in total. The third kappa shape index (κ3) is 6.40. The second kappa shape index (κ2) is 10.1. The fourth-order valence-electron chi connectivity index (χ4n) is 2.78. The first-order valence-corrected chi connectivity index (χ1v) is 9.28. The van der Waals surface area contributed by atoms with Crippen molar-refractivity contribution in [3.8, 4) is 11.5 Å². The Kier molecular flexibility index (Phi) is 6.96. The molecule has 0 spiro atoms. The van der Waals surface area contributed by atoms with Crippen LogP contribution in [0.1, 0.15) is 24.0 Å². The highest BCUT2D eigenvalue weighted by molar-refractivity contribution is 5.73. The van der Waals surface area contributed by atoms with E-state index in [2.05, 4.69) is 0 Å². The molecule has 0 saturated heterocycles. The molecule has 0 aliphatic carbocycles. The first-order chi connectivity index (χ1) is 13.7. The van der Waals surface area contributed by atoms with E-state index < -0.39 is 0 Å². The fourth-order valence-corrected chi connectivity index (χ4v) is 2.78. The average molecular weight is 374 g/mol. The lowest BCUT2D eigenvalue weighted by atomic mass is 10.0. The van der Waals surface area contributed by atoms with Crippen molar-refractivity contribution in [3.63, 3.8) is 0 Å². The molecular weight excluding hydrogens is 352 g/mol. The summed E-state index contributed by atoms with van der Waals surface area (Å²) >= 11 is 0. The number of carbonyl (C=O) groups excluding carboxylic acids is 2. The summed E-state index contributed by atoms with van der Waals surface area (Å²) in [6.45, 7) is 0. The minimum absolute atomic E-state index is 0.261. The van der Waals surface area contributed by atoms with Crippen molar-refractivity contribution in [3.05, 3.63) is 96.1 Å². The van der Waals surface area contributed by atoms with Gasteiger partial charge in [0.15, 0.2) is 0 Å². The normalized spacial score (nSPS) is 10.3. The van der Waals surface area contributed by atoms with Gasteiger partial charge in [0, 0.05) is 12.8 Å². The van der Waals surface area contributed by atoms with Crippen molar-refractivity contribution in [1.82, 2.24) is 0 Å². The lowest BCUT2D eigenvalue weighted by Crippen LogP contribution is -2.10. The molecule has 28 heavy (non-hydrogen) atoms. The Labute approximate surface area is 164 Å². The van der Waals surface area contributed by atoms with Gasteiger partial charge in [-0.05, 0) is 48.2 Å². The number of rotatable bonds is 8. The zero-order valence-electron chi connectivity index (χ0n) is 15.5. The molecule has 0 heterocycles. The van der Waals surface area contributed by atoms with Crippen LogP contribution in [0.4, 0.5) is 0 Å². The molecule has 0 atom stereocenters. The van der Waals surface area contributed by atoms with Crippen LogP contribution in [0.2, 0.25) is 0 Å². The minimum atomic E-state index is -0.261. The van der Waals surface area contributed by atoms with Crippen molar-refractivity contribution >= 4 is 11.9 Å². The van der Waals surface area contributed by atoms with E-state index >= 15 is 0 Å². The Morgan fingerprint density at radius 2 is 1.00 bits per heavy atom. The van der Waals surface area contributed by atoms with Crippen molar-refractivity contribution in [1.29, 1.82) is 0 Å². The summed E-state index contributed by atoms with van der Waals surface area (Å²) in [5, 5.41) is 0. The zero-order chi connectivity index (χ0) is 19.6. The average Bonchev–Trinajstić information content (AvgIpc) is 2.73. The van der Waals surface area contributed by atoms with Gasteiger partial charge in [-0.15, -0.1) is 0 Å². The maximum Gasteiger partial charge on any atom is 0.311 e. The van der Waals surface area contributed by atoms with Crippen LogP contribution >= 0.6 is 0 Å². The van der Waals surface area contributed by atoms with Crippen LogP contribution in [-0.4, -0.2) is 11.9 Å². The topological polar surface area (TPSA) is 52.6 Å². The third-order valence-electron chi connectivity index (χ3n) is 4.18. The Bertz CT molecular complexity index is 831. The number of hydrogen-bond donors (Lipinski definition) is 0. The van der Waals surface area contributed by atoms with Crippen LogP contribution in [0.3, 0.4) is 0 Å². The molecule has 0 unspecified atom stereocenters. The van der Waals surface area contributed by atoms with E-state index in [-0.39, 0.29) is 11.9 Å². The highest BCUT2D eigenvalue weighted by Gasteiger charge is 2.08. The molecule has 0 aromatic heterocycles. The number of esters is 2. The van der Waals surface area contributed by atoms with Crippen molar-refractivity contribution in [2.24, 2.45) is 0 Å². The first-order valence-electron chi connectivity index (χ1n) is 9.28. The summed E-state index contributed by atoms with van der Waals surface area (Å²) in [6.07, 6.45) is 1.78. The molecule has 0 amide bonds. The maximum atomic E-state index is 12.0. The number of carbonyl (C=O) groups is 2. The van der Waals surface area contributed by atoms with Gasteiger partial charge < -0.3 is 9.47 Å². The Morgan fingerprint density at radius 1 is 0.571 bits per heavy atom. The second-order valence-corrected chi connectivity index (χ2v) is 6.39. The van der Waals surface area contributed by atoms with Gasteiger partial charge in [-0.2, -0.15) is 0 Å². The van der Waals surface area contributed by atoms with Crippen LogP contribution in [0.15, 0.2) is 84.9 Å². The lowest BCUT2D eigenvalue weighted by Gasteiger charge is -2.07. The molecule has 3 aromatic carbocycles. The van der Waals surface area contributed by atoms with Gasteiger partial charge >= 0.3 is 11.9 Å². The summed E-state index contributed by atoms with van der Waals surface area (Å²) in [4.78, 5) is 24.0. The lowest BCUT2D eigenvalue weighted by molar-refractivity contribution is -0.135. The minimum Gasteiger partial charge on any atom is -0.427 e. The van der Waals surface area contributed by atoms with E-state index in [0.29, 0.717) is 37.2 Å². The van der Waals surface area contributed by atoms with E-state index in [1.165, 1.54) is 0 Å².